The van der Waals surface area contributed by atoms with Crippen molar-refractivity contribution >= 4 is 34.3 Å². The van der Waals surface area contributed by atoms with Crippen LogP contribution in [0.4, 0.5) is 0 Å². The van der Waals surface area contributed by atoms with Gasteiger partial charge in [-0.2, -0.15) is 0 Å². The van der Waals surface area contributed by atoms with E-state index < -0.39 is 5.97 Å². The van der Waals surface area contributed by atoms with E-state index in [0.29, 0.717) is 58.1 Å². The molecule has 1 heterocycles. The Hall–Kier alpha value is -2.79. The molecule has 0 aliphatic carbocycles. The monoisotopic (exact) mass is 428 g/mol. The summed E-state index contributed by atoms with van der Waals surface area (Å²) in [7, 11) is 1.33. The summed E-state index contributed by atoms with van der Waals surface area (Å²) in [5.41, 5.74) is 1.99. The van der Waals surface area contributed by atoms with Crippen molar-refractivity contribution in [3.8, 4) is 5.75 Å². The van der Waals surface area contributed by atoms with Gasteiger partial charge < -0.3 is 13.9 Å². The fourth-order valence-corrected chi connectivity index (χ4v) is 3.36. The van der Waals surface area contributed by atoms with Gasteiger partial charge in [0, 0.05) is 23.3 Å². The number of ketones is 1. The molecule has 0 N–H and O–H groups in total. The van der Waals surface area contributed by atoms with Crippen molar-refractivity contribution < 1.29 is 23.5 Å². The average Bonchev–Trinajstić information content (AvgIpc) is 3.14. The number of hydrogen-bond acceptors (Lipinski definition) is 5. The van der Waals surface area contributed by atoms with Gasteiger partial charge in [-0.15, -0.1) is 11.6 Å². The fourth-order valence-electron chi connectivity index (χ4n) is 3.25. The normalized spacial score (nSPS) is 10.9. The highest BCUT2D eigenvalue weighted by molar-refractivity contribution is 6.18. The number of alkyl halides is 1. The van der Waals surface area contributed by atoms with Gasteiger partial charge in [0.15, 0.2) is 5.78 Å². The van der Waals surface area contributed by atoms with Crippen molar-refractivity contribution in [2.75, 3.05) is 19.6 Å². The summed E-state index contributed by atoms with van der Waals surface area (Å²) < 4.78 is 16.4. The van der Waals surface area contributed by atoms with E-state index in [1.165, 1.54) is 7.11 Å². The van der Waals surface area contributed by atoms with E-state index in [1.807, 2.05) is 0 Å². The number of ether oxygens (including phenoxy) is 2. The van der Waals surface area contributed by atoms with E-state index in [9.17, 15) is 9.59 Å². The van der Waals surface area contributed by atoms with Gasteiger partial charge in [0.05, 0.1) is 24.8 Å². The third kappa shape index (κ3) is 4.85. The number of carbonyl (C=O) groups excluding carboxylic acids is 2. The summed E-state index contributed by atoms with van der Waals surface area (Å²) in [6.07, 6.45) is 3.29. The first-order valence-corrected chi connectivity index (χ1v) is 10.6. The number of carbonyl (C=O) groups is 2. The molecule has 0 bridgehead atoms. The molecule has 3 rings (SSSR count). The number of unbranched alkanes of at least 4 members (excludes halogenated alkanes) is 1. The number of benzene rings is 2. The Morgan fingerprint density at radius 3 is 2.43 bits per heavy atom. The molecule has 0 radical (unpaired) electrons. The Kier molecular flexibility index (Phi) is 7.52. The Labute approximate surface area is 180 Å². The molecule has 5 nitrogen and oxygen atoms in total. The lowest BCUT2D eigenvalue weighted by Gasteiger charge is -2.07. The number of furan rings is 1. The molecular weight excluding hydrogens is 404 g/mol. The van der Waals surface area contributed by atoms with Crippen LogP contribution in [-0.2, 0) is 11.2 Å². The number of hydrogen-bond donors (Lipinski definition) is 0. The molecule has 0 spiro atoms. The second-order valence-corrected chi connectivity index (χ2v) is 7.33. The highest BCUT2D eigenvalue weighted by atomic mass is 35.5. The number of halogens is 1. The van der Waals surface area contributed by atoms with Crippen molar-refractivity contribution in [3.63, 3.8) is 0 Å². The predicted octanol–water partition coefficient (Wildman–Crippen LogP) is 5.80. The van der Waals surface area contributed by atoms with Crippen molar-refractivity contribution in [1.82, 2.24) is 0 Å². The molecule has 30 heavy (non-hydrogen) atoms. The van der Waals surface area contributed by atoms with Gasteiger partial charge in [-0.25, -0.2) is 4.79 Å². The van der Waals surface area contributed by atoms with Crippen molar-refractivity contribution in [3.05, 3.63) is 64.9 Å². The zero-order valence-corrected chi connectivity index (χ0v) is 18.0. The van der Waals surface area contributed by atoms with Crippen LogP contribution in [0, 0.1) is 0 Å². The number of fused-ring (bicyclic) bond motifs is 1. The molecule has 3 aromatic rings. The van der Waals surface area contributed by atoms with Gasteiger partial charge >= 0.3 is 5.97 Å². The SMILES string of the molecule is CCCCc1oc2ccc(C(=O)OC)cc2c1C(=O)c1ccc(OCCCCl)cc1. The smallest absolute Gasteiger partial charge is 0.337 e. The van der Waals surface area contributed by atoms with Crippen LogP contribution < -0.4 is 4.74 Å². The van der Waals surface area contributed by atoms with Crippen LogP contribution in [0.5, 0.6) is 5.75 Å². The lowest BCUT2D eigenvalue weighted by Crippen LogP contribution is -2.05. The van der Waals surface area contributed by atoms with Crippen LogP contribution in [0.15, 0.2) is 46.9 Å². The molecule has 0 saturated carbocycles. The van der Waals surface area contributed by atoms with Crippen LogP contribution >= 0.6 is 11.6 Å². The third-order valence-corrected chi connectivity index (χ3v) is 5.10. The van der Waals surface area contributed by atoms with Crippen molar-refractivity contribution in [1.29, 1.82) is 0 Å². The molecule has 0 fully saturated rings. The molecule has 1 aromatic heterocycles. The minimum atomic E-state index is -0.454. The molecule has 2 aromatic carbocycles. The minimum absolute atomic E-state index is 0.144. The standard InChI is InChI=1S/C24H25ClO5/c1-3-4-6-21-22(19-15-17(24(27)28-2)9-12-20(19)30-21)23(26)16-7-10-18(11-8-16)29-14-5-13-25/h7-12,15H,3-6,13-14H2,1-2H3. The van der Waals surface area contributed by atoms with E-state index in [0.717, 1.165) is 19.3 Å². The fraction of sp³-hybridized carbons (Fsp3) is 0.333. The number of esters is 1. The van der Waals surface area contributed by atoms with Gasteiger partial charge in [-0.05, 0) is 55.3 Å². The van der Waals surface area contributed by atoms with Crippen LogP contribution in [-0.4, -0.2) is 31.3 Å². The molecule has 0 saturated heterocycles. The van der Waals surface area contributed by atoms with Gasteiger partial charge in [-0.1, -0.05) is 13.3 Å². The Morgan fingerprint density at radius 2 is 1.77 bits per heavy atom. The van der Waals surface area contributed by atoms with E-state index in [4.69, 9.17) is 25.5 Å². The van der Waals surface area contributed by atoms with Gasteiger partial charge in [0.1, 0.15) is 17.1 Å². The maximum Gasteiger partial charge on any atom is 0.337 e. The van der Waals surface area contributed by atoms with E-state index in [2.05, 4.69) is 6.92 Å². The minimum Gasteiger partial charge on any atom is -0.494 e. The lowest BCUT2D eigenvalue weighted by molar-refractivity contribution is 0.0600. The van der Waals surface area contributed by atoms with E-state index in [-0.39, 0.29) is 5.78 Å². The zero-order valence-electron chi connectivity index (χ0n) is 17.2. The summed E-state index contributed by atoms with van der Waals surface area (Å²) >= 11 is 5.67. The van der Waals surface area contributed by atoms with Crippen LogP contribution in [0.1, 0.15) is 58.2 Å². The molecule has 0 aliphatic rings. The van der Waals surface area contributed by atoms with Crippen LogP contribution in [0.2, 0.25) is 0 Å². The Balaban J connectivity index is 1.98. The summed E-state index contributed by atoms with van der Waals surface area (Å²) in [4.78, 5) is 25.4. The van der Waals surface area contributed by atoms with Crippen LogP contribution in [0.3, 0.4) is 0 Å². The van der Waals surface area contributed by atoms with Crippen LogP contribution in [0.25, 0.3) is 11.0 Å². The van der Waals surface area contributed by atoms with Gasteiger partial charge in [0.2, 0.25) is 0 Å². The molecule has 0 atom stereocenters. The number of aryl methyl sites for hydroxylation is 1. The van der Waals surface area contributed by atoms with E-state index >= 15 is 0 Å². The summed E-state index contributed by atoms with van der Waals surface area (Å²) in [5, 5.41) is 0.622. The van der Waals surface area contributed by atoms with Crippen molar-refractivity contribution in [2.24, 2.45) is 0 Å². The van der Waals surface area contributed by atoms with Gasteiger partial charge in [0.25, 0.3) is 0 Å². The largest absolute Gasteiger partial charge is 0.494 e. The highest BCUT2D eigenvalue weighted by Gasteiger charge is 2.23. The third-order valence-electron chi connectivity index (χ3n) is 4.83. The molecule has 0 amide bonds. The first-order chi connectivity index (χ1) is 14.6. The molecule has 0 aliphatic heterocycles. The second kappa shape index (κ2) is 10.3. The molecule has 158 valence electrons. The number of rotatable bonds is 10. The second-order valence-electron chi connectivity index (χ2n) is 6.95. The zero-order chi connectivity index (χ0) is 21.5. The maximum atomic E-state index is 13.4. The Bertz CT molecular complexity index is 1020. The first-order valence-electron chi connectivity index (χ1n) is 10.1. The summed E-state index contributed by atoms with van der Waals surface area (Å²) in [5.74, 6) is 1.27. The van der Waals surface area contributed by atoms with Crippen molar-refractivity contribution in [2.45, 2.75) is 32.6 Å². The Morgan fingerprint density at radius 1 is 1.03 bits per heavy atom. The summed E-state index contributed by atoms with van der Waals surface area (Å²) in [6, 6.07) is 12.0. The quantitative estimate of drug-likeness (QED) is 0.177. The lowest BCUT2D eigenvalue weighted by atomic mass is 9.97. The summed E-state index contributed by atoms with van der Waals surface area (Å²) in [6.45, 7) is 2.61. The first kappa shape index (κ1) is 21.9. The highest BCUT2D eigenvalue weighted by Crippen LogP contribution is 2.31. The topological polar surface area (TPSA) is 65.7 Å². The molecule has 6 heteroatoms. The molecule has 0 unspecified atom stereocenters. The molecular formula is C24H25ClO5. The predicted molar refractivity (Wildman–Crippen MR) is 117 cm³/mol. The van der Waals surface area contributed by atoms with E-state index in [1.54, 1.807) is 42.5 Å². The maximum absolute atomic E-state index is 13.4. The average molecular weight is 429 g/mol. The number of methoxy groups -OCH3 is 1. The van der Waals surface area contributed by atoms with Gasteiger partial charge in [-0.3, -0.25) is 4.79 Å².